The van der Waals surface area contributed by atoms with Crippen LogP contribution in [0.1, 0.15) is 4.88 Å². The number of hydrogen-bond acceptors (Lipinski definition) is 2. The van der Waals surface area contributed by atoms with Crippen LogP contribution in [-0.4, -0.2) is 19.5 Å². The van der Waals surface area contributed by atoms with E-state index in [1.807, 2.05) is 24.6 Å². The molecule has 2 aromatic rings. The summed E-state index contributed by atoms with van der Waals surface area (Å²) in [5.74, 6) is -0.723. The van der Waals surface area contributed by atoms with Crippen LogP contribution in [0.15, 0.2) is 35.7 Å². The molecule has 1 unspecified atom stereocenters. The minimum Gasteiger partial charge on any atom is -0.325 e. The van der Waals surface area contributed by atoms with Crippen molar-refractivity contribution in [3.8, 4) is 0 Å². The van der Waals surface area contributed by atoms with Crippen molar-refractivity contribution >= 4 is 34.5 Å². The highest BCUT2D eigenvalue weighted by Gasteiger charge is 2.13. The SMILES string of the molecule is C[NH+](CC(=O)Nc1cc(Cl)ccc1F)Cc1cccs1. The summed E-state index contributed by atoms with van der Waals surface area (Å²) in [7, 11) is 1.92. The van der Waals surface area contributed by atoms with Gasteiger partial charge in [0.15, 0.2) is 6.54 Å². The van der Waals surface area contributed by atoms with Gasteiger partial charge in [-0.25, -0.2) is 4.39 Å². The molecule has 1 heterocycles. The first-order valence-electron chi connectivity index (χ1n) is 6.13. The highest BCUT2D eigenvalue weighted by molar-refractivity contribution is 7.09. The van der Waals surface area contributed by atoms with Gasteiger partial charge in [0.1, 0.15) is 12.4 Å². The monoisotopic (exact) mass is 313 g/mol. The van der Waals surface area contributed by atoms with Crippen molar-refractivity contribution in [2.24, 2.45) is 0 Å². The number of carbonyl (C=O) groups is 1. The van der Waals surface area contributed by atoms with Gasteiger partial charge in [-0.05, 0) is 29.6 Å². The van der Waals surface area contributed by atoms with E-state index in [-0.39, 0.29) is 18.1 Å². The van der Waals surface area contributed by atoms with Crippen molar-refractivity contribution in [3.05, 3.63) is 51.4 Å². The number of carbonyl (C=O) groups excluding carboxylic acids is 1. The van der Waals surface area contributed by atoms with Crippen molar-refractivity contribution in [1.82, 2.24) is 0 Å². The quantitative estimate of drug-likeness (QED) is 0.872. The number of anilines is 1. The van der Waals surface area contributed by atoms with E-state index in [4.69, 9.17) is 11.6 Å². The molecular weight excluding hydrogens is 299 g/mol. The van der Waals surface area contributed by atoms with E-state index < -0.39 is 5.82 Å². The lowest BCUT2D eigenvalue weighted by Crippen LogP contribution is -3.08. The maximum atomic E-state index is 13.5. The van der Waals surface area contributed by atoms with Gasteiger partial charge >= 0.3 is 0 Å². The molecule has 1 aromatic heterocycles. The van der Waals surface area contributed by atoms with E-state index in [0.29, 0.717) is 5.02 Å². The van der Waals surface area contributed by atoms with Gasteiger partial charge in [0, 0.05) is 5.02 Å². The Morgan fingerprint density at radius 3 is 2.95 bits per heavy atom. The first kappa shape index (κ1) is 15.0. The van der Waals surface area contributed by atoms with Crippen LogP contribution in [0, 0.1) is 5.82 Å². The van der Waals surface area contributed by atoms with Gasteiger partial charge in [0.25, 0.3) is 5.91 Å². The van der Waals surface area contributed by atoms with Crippen molar-refractivity contribution < 1.29 is 14.1 Å². The molecule has 0 aliphatic rings. The number of amides is 1. The molecule has 0 aliphatic heterocycles. The standard InChI is InChI=1S/C14H14ClFN2OS/c1-18(8-11-3-2-6-20-11)9-14(19)17-13-7-10(15)4-5-12(13)16/h2-7H,8-9H2,1H3,(H,17,19)/p+1. The predicted molar refractivity (Wildman–Crippen MR) is 79.8 cm³/mol. The third kappa shape index (κ3) is 4.30. The Balaban J connectivity index is 1.90. The summed E-state index contributed by atoms with van der Waals surface area (Å²) < 4.78 is 13.5. The van der Waals surface area contributed by atoms with E-state index in [1.54, 1.807) is 11.3 Å². The molecule has 106 valence electrons. The van der Waals surface area contributed by atoms with Crippen LogP contribution < -0.4 is 10.2 Å². The highest BCUT2D eigenvalue weighted by Crippen LogP contribution is 2.19. The van der Waals surface area contributed by atoms with Crippen LogP contribution in [-0.2, 0) is 11.3 Å². The lowest BCUT2D eigenvalue weighted by molar-refractivity contribution is -0.884. The molecule has 0 spiro atoms. The fraction of sp³-hybridized carbons (Fsp3) is 0.214. The average Bonchev–Trinajstić information content (AvgIpc) is 2.86. The molecule has 0 radical (unpaired) electrons. The fourth-order valence-electron chi connectivity index (χ4n) is 1.83. The number of likely N-dealkylation sites (N-methyl/N-ethyl adjacent to an activating group) is 1. The lowest BCUT2D eigenvalue weighted by atomic mass is 10.3. The van der Waals surface area contributed by atoms with Crippen molar-refractivity contribution in [2.45, 2.75) is 6.54 Å². The van der Waals surface area contributed by atoms with Crippen LogP contribution in [0.25, 0.3) is 0 Å². The van der Waals surface area contributed by atoms with Crippen LogP contribution >= 0.6 is 22.9 Å². The van der Waals surface area contributed by atoms with Gasteiger partial charge in [-0.1, -0.05) is 17.7 Å². The molecule has 6 heteroatoms. The summed E-state index contributed by atoms with van der Waals surface area (Å²) in [6, 6.07) is 8.10. The molecular formula is C14H15ClFN2OS+. The Hall–Kier alpha value is -1.43. The topological polar surface area (TPSA) is 33.5 Å². The van der Waals surface area contributed by atoms with E-state index in [1.165, 1.54) is 23.1 Å². The Kier molecular flexibility index (Phi) is 5.11. The number of halogens is 2. The summed E-state index contributed by atoms with van der Waals surface area (Å²) in [5.41, 5.74) is 0.117. The van der Waals surface area contributed by atoms with Gasteiger partial charge in [0.05, 0.1) is 17.6 Å². The molecule has 0 aliphatic carbocycles. The van der Waals surface area contributed by atoms with Gasteiger partial charge in [-0.15, -0.1) is 11.3 Å². The van der Waals surface area contributed by atoms with Crippen LogP contribution in [0.5, 0.6) is 0 Å². The minimum atomic E-state index is -0.487. The van der Waals surface area contributed by atoms with Crippen LogP contribution in [0.4, 0.5) is 10.1 Å². The molecule has 0 fully saturated rings. The Bertz CT molecular complexity index is 589. The number of benzene rings is 1. The predicted octanol–water partition coefficient (Wildman–Crippen LogP) is 2.19. The first-order chi connectivity index (χ1) is 9.54. The van der Waals surface area contributed by atoms with E-state index in [2.05, 4.69) is 5.32 Å². The molecule has 1 amide bonds. The largest absolute Gasteiger partial charge is 0.325 e. The molecule has 20 heavy (non-hydrogen) atoms. The molecule has 2 N–H and O–H groups in total. The van der Waals surface area contributed by atoms with Crippen molar-refractivity contribution in [2.75, 3.05) is 18.9 Å². The summed E-state index contributed by atoms with van der Waals surface area (Å²) in [6.45, 7) is 1.03. The number of rotatable bonds is 5. The van der Waals surface area contributed by atoms with Crippen molar-refractivity contribution in [3.63, 3.8) is 0 Å². The second-order valence-electron chi connectivity index (χ2n) is 4.56. The summed E-state index contributed by atoms with van der Waals surface area (Å²) in [5, 5.41) is 4.94. The summed E-state index contributed by atoms with van der Waals surface area (Å²) >= 11 is 7.44. The zero-order valence-electron chi connectivity index (χ0n) is 11.0. The Morgan fingerprint density at radius 2 is 2.25 bits per heavy atom. The minimum absolute atomic E-state index is 0.117. The summed E-state index contributed by atoms with van der Waals surface area (Å²) in [6.07, 6.45) is 0. The highest BCUT2D eigenvalue weighted by atomic mass is 35.5. The molecule has 1 atom stereocenters. The third-order valence-corrected chi connectivity index (χ3v) is 3.83. The van der Waals surface area contributed by atoms with E-state index >= 15 is 0 Å². The molecule has 1 aromatic carbocycles. The maximum Gasteiger partial charge on any atom is 0.279 e. The number of thiophene rings is 1. The first-order valence-corrected chi connectivity index (χ1v) is 7.39. The molecule has 2 rings (SSSR count). The second kappa shape index (κ2) is 6.83. The summed E-state index contributed by atoms with van der Waals surface area (Å²) in [4.78, 5) is 14.1. The van der Waals surface area contributed by atoms with Crippen LogP contribution in [0.2, 0.25) is 5.02 Å². The molecule has 0 saturated carbocycles. The van der Waals surface area contributed by atoms with Gasteiger partial charge < -0.3 is 10.2 Å². The number of nitrogens with one attached hydrogen (secondary N) is 2. The smallest absolute Gasteiger partial charge is 0.279 e. The van der Waals surface area contributed by atoms with Gasteiger partial charge in [0.2, 0.25) is 0 Å². The van der Waals surface area contributed by atoms with Gasteiger partial charge in [-0.2, -0.15) is 0 Å². The fourth-order valence-corrected chi connectivity index (χ4v) is 2.83. The molecule has 3 nitrogen and oxygen atoms in total. The van der Waals surface area contributed by atoms with Gasteiger partial charge in [-0.3, -0.25) is 4.79 Å². The Morgan fingerprint density at radius 1 is 1.45 bits per heavy atom. The van der Waals surface area contributed by atoms with E-state index in [0.717, 1.165) is 11.4 Å². The lowest BCUT2D eigenvalue weighted by Gasteiger charge is -2.13. The van der Waals surface area contributed by atoms with Crippen molar-refractivity contribution in [1.29, 1.82) is 0 Å². The van der Waals surface area contributed by atoms with Crippen LogP contribution in [0.3, 0.4) is 0 Å². The second-order valence-corrected chi connectivity index (χ2v) is 6.03. The van der Waals surface area contributed by atoms with E-state index in [9.17, 15) is 9.18 Å². The third-order valence-electron chi connectivity index (χ3n) is 2.72. The molecule has 0 saturated heterocycles. The normalized spacial score (nSPS) is 12.2. The molecule has 0 bridgehead atoms. The average molecular weight is 314 g/mol. The zero-order chi connectivity index (χ0) is 14.5. The number of hydrogen-bond donors (Lipinski definition) is 2. The zero-order valence-corrected chi connectivity index (χ0v) is 12.5. The maximum absolute atomic E-state index is 13.5. The number of quaternary nitrogens is 1. The Labute approximate surface area is 126 Å².